The van der Waals surface area contributed by atoms with Gasteiger partial charge in [-0.25, -0.2) is 9.97 Å². The SMILES string of the molecule is COc1cc2c(C3CNCc4ccccc4O3)ncnc2cc1OCc1ccccc1. The summed E-state index contributed by atoms with van der Waals surface area (Å²) in [5.41, 5.74) is 3.83. The fourth-order valence-corrected chi connectivity index (χ4v) is 3.80. The van der Waals surface area contributed by atoms with Gasteiger partial charge in [0.05, 0.1) is 18.3 Å². The highest BCUT2D eigenvalue weighted by Crippen LogP contribution is 2.36. The summed E-state index contributed by atoms with van der Waals surface area (Å²) in [5, 5.41) is 4.34. The minimum absolute atomic E-state index is 0.241. The largest absolute Gasteiger partial charge is 0.493 e. The van der Waals surface area contributed by atoms with Crippen LogP contribution in [-0.2, 0) is 13.2 Å². The second-order valence-corrected chi connectivity index (χ2v) is 7.40. The number of nitrogens with one attached hydrogen (secondary N) is 1. The van der Waals surface area contributed by atoms with Gasteiger partial charge in [0.15, 0.2) is 17.6 Å². The molecule has 6 heteroatoms. The van der Waals surface area contributed by atoms with E-state index in [2.05, 4.69) is 21.4 Å². The van der Waals surface area contributed by atoms with Gasteiger partial charge in [0.25, 0.3) is 0 Å². The predicted octanol–water partition coefficient (Wildman–Crippen LogP) is 4.44. The molecule has 0 spiro atoms. The Balaban J connectivity index is 1.49. The lowest BCUT2D eigenvalue weighted by Gasteiger charge is -2.19. The number of rotatable bonds is 5. The molecule has 5 rings (SSSR count). The molecular weight excluding hydrogens is 390 g/mol. The first-order chi connectivity index (χ1) is 15.3. The molecule has 4 aromatic rings. The molecule has 0 saturated carbocycles. The number of fused-ring (bicyclic) bond motifs is 2. The Labute approximate surface area is 180 Å². The van der Waals surface area contributed by atoms with Gasteiger partial charge in [0, 0.05) is 30.1 Å². The molecule has 0 aliphatic carbocycles. The normalized spacial score (nSPS) is 15.6. The lowest BCUT2D eigenvalue weighted by molar-refractivity contribution is 0.207. The minimum atomic E-state index is -0.241. The van der Waals surface area contributed by atoms with E-state index < -0.39 is 0 Å². The van der Waals surface area contributed by atoms with Crippen molar-refractivity contribution in [3.63, 3.8) is 0 Å². The molecule has 156 valence electrons. The Morgan fingerprint density at radius 1 is 1.00 bits per heavy atom. The Hall–Kier alpha value is -3.64. The molecule has 1 atom stereocenters. The number of aromatic nitrogens is 2. The maximum absolute atomic E-state index is 6.34. The fourth-order valence-electron chi connectivity index (χ4n) is 3.80. The molecular formula is C25H23N3O3. The van der Waals surface area contributed by atoms with Crippen LogP contribution in [0.25, 0.3) is 10.9 Å². The van der Waals surface area contributed by atoms with Crippen molar-refractivity contribution in [2.45, 2.75) is 19.3 Å². The van der Waals surface area contributed by atoms with Crippen LogP contribution in [0.15, 0.2) is 73.1 Å². The summed E-state index contributed by atoms with van der Waals surface area (Å²) in [7, 11) is 1.64. The molecule has 0 radical (unpaired) electrons. The molecule has 1 aliphatic rings. The van der Waals surface area contributed by atoms with Crippen molar-refractivity contribution < 1.29 is 14.2 Å². The zero-order valence-electron chi connectivity index (χ0n) is 17.2. The molecule has 3 aromatic carbocycles. The minimum Gasteiger partial charge on any atom is -0.493 e. The van der Waals surface area contributed by atoms with E-state index >= 15 is 0 Å². The zero-order chi connectivity index (χ0) is 21.0. The molecule has 1 aliphatic heterocycles. The van der Waals surface area contributed by atoms with Crippen LogP contribution in [0.3, 0.4) is 0 Å². The number of ether oxygens (including phenoxy) is 3. The molecule has 0 fully saturated rings. The van der Waals surface area contributed by atoms with E-state index in [4.69, 9.17) is 14.2 Å². The Morgan fingerprint density at radius 3 is 2.71 bits per heavy atom. The van der Waals surface area contributed by atoms with Crippen LogP contribution in [0.1, 0.15) is 22.9 Å². The van der Waals surface area contributed by atoms with Gasteiger partial charge in [-0.15, -0.1) is 0 Å². The molecule has 1 unspecified atom stereocenters. The lowest BCUT2D eigenvalue weighted by atomic mass is 10.1. The van der Waals surface area contributed by atoms with Crippen LogP contribution in [0.2, 0.25) is 0 Å². The topological polar surface area (TPSA) is 65.5 Å². The first-order valence-corrected chi connectivity index (χ1v) is 10.3. The van der Waals surface area contributed by atoms with Gasteiger partial charge in [0.1, 0.15) is 18.7 Å². The maximum atomic E-state index is 6.34. The van der Waals surface area contributed by atoms with Gasteiger partial charge >= 0.3 is 0 Å². The van der Waals surface area contributed by atoms with Crippen LogP contribution < -0.4 is 19.5 Å². The van der Waals surface area contributed by atoms with Gasteiger partial charge < -0.3 is 19.5 Å². The number of para-hydroxylation sites is 1. The van der Waals surface area contributed by atoms with Gasteiger partial charge in [-0.1, -0.05) is 48.5 Å². The average Bonchev–Trinajstić information content (AvgIpc) is 3.05. The van der Waals surface area contributed by atoms with Crippen LogP contribution in [0, 0.1) is 0 Å². The van der Waals surface area contributed by atoms with Crippen LogP contribution >= 0.6 is 0 Å². The van der Waals surface area contributed by atoms with Crippen molar-refractivity contribution in [2.24, 2.45) is 0 Å². The Bertz CT molecular complexity index is 1200. The third-order valence-electron chi connectivity index (χ3n) is 5.38. The van der Waals surface area contributed by atoms with E-state index in [0.29, 0.717) is 24.7 Å². The number of nitrogens with zero attached hydrogens (tertiary/aromatic N) is 2. The zero-order valence-corrected chi connectivity index (χ0v) is 17.2. The summed E-state index contributed by atoms with van der Waals surface area (Å²) in [4.78, 5) is 9.04. The molecule has 1 N–H and O–H groups in total. The highest BCUT2D eigenvalue weighted by Gasteiger charge is 2.23. The monoisotopic (exact) mass is 413 g/mol. The van der Waals surface area contributed by atoms with Crippen molar-refractivity contribution in [1.29, 1.82) is 0 Å². The molecule has 31 heavy (non-hydrogen) atoms. The van der Waals surface area contributed by atoms with Crippen molar-refractivity contribution in [3.8, 4) is 17.2 Å². The predicted molar refractivity (Wildman–Crippen MR) is 118 cm³/mol. The smallest absolute Gasteiger partial charge is 0.163 e. The fraction of sp³-hybridized carbons (Fsp3) is 0.200. The standard InChI is InChI=1S/C25H23N3O3/c1-29-22-11-19-20(12-23(22)30-15-17-7-3-2-4-8-17)27-16-28-25(19)24-14-26-13-18-9-5-6-10-21(18)31-24/h2-12,16,24,26H,13-15H2,1H3. The van der Waals surface area contributed by atoms with Gasteiger partial charge in [0.2, 0.25) is 0 Å². The van der Waals surface area contributed by atoms with Crippen LogP contribution in [0.5, 0.6) is 17.2 Å². The van der Waals surface area contributed by atoms with Gasteiger partial charge in [-0.3, -0.25) is 0 Å². The van der Waals surface area contributed by atoms with E-state index in [-0.39, 0.29) is 6.10 Å². The summed E-state index contributed by atoms with van der Waals surface area (Å²) < 4.78 is 18.0. The Kier molecular flexibility index (Phi) is 5.37. The van der Waals surface area contributed by atoms with Crippen LogP contribution in [0.4, 0.5) is 0 Å². The number of methoxy groups -OCH3 is 1. The van der Waals surface area contributed by atoms with Gasteiger partial charge in [-0.05, 0) is 17.7 Å². The molecule has 6 nitrogen and oxygen atoms in total. The van der Waals surface area contributed by atoms with Crippen molar-refractivity contribution in [1.82, 2.24) is 15.3 Å². The van der Waals surface area contributed by atoms with E-state index in [0.717, 1.165) is 40.0 Å². The summed E-state index contributed by atoms with van der Waals surface area (Å²) in [6.07, 6.45) is 1.33. The lowest BCUT2D eigenvalue weighted by Crippen LogP contribution is -2.22. The number of benzene rings is 3. The first-order valence-electron chi connectivity index (χ1n) is 10.3. The number of hydrogen-bond acceptors (Lipinski definition) is 6. The summed E-state index contributed by atoms with van der Waals surface area (Å²) >= 11 is 0. The van der Waals surface area contributed by atoms with E-state index in [9.17, 15) is 0 Å². The molecule has 0 bridgehead atoms. The van der Waals surface area contributed by atoms with Crippen molar-refractivity contribution in [2.75, 3.05) is 13.7 Å². The third kappa shape index (κ3) is 4.02. The molecule has 0 saturated heterocycles. The van der Waals surface area contributed by atoms with Crippen LogP contribution in [-0.4, -0.2) is 23.6 Å². The second-order valence-electron chi connectivity index (χ2n) is 7.40. The number of hydrogen-bond donors (Lipinski definition) is 1. The quantitative estimate of drug-likeness (QED) is 0.522. The first kappa shape index (κ1) is 19.3. The average molecular weight is 413 g/mol. The summed E-state index contributed by atoms with van der Waals surface area (Å²) in [5.74, 6) is 2.16. The molecule has 0 amide bonds. The van der Waals surface area contributed by atoms with E-state index in [1.165, 1.54) is 0 Å². The van der Waals surface area contributed by atoms with E-state index in [1.54, 1.807) is 13.4 Å². The molecule has 2 heterocycles. The Morgan fingerprint density at radius 2 is 1.84 bits per heavy atom. The van der Waals surface area contributed by atoms with Crippen molar-refractivity contribution >= 4 is 10.9 Å². The van der Waals surface area contributed by atoms with E-state index in [1.807, 2.05) is 60.7 Å². The second kappa shape index (κ2) is 8.62. The van der Waals surface area contributed by atoms with Crippen molar-refractivity contribution in [3.05, 3.63) is 89.9 Å². The summed E-state index contributed by atoms with van der Waals surface area (Å²) in [6, 6.07) is 21.9. The highest BCUT2D eigenvalue weighted by molar-refractivity contribution is 5.85. The maximum Gasteiger partial charge on any atom is 0.163 e. The van der Waals surface area contributed by atoms with Gasteiger partial charge in [-0.2, -0.15) is 0 Å². The molecule has 1 aromatic heterocycles. The highest BCUT2D eigenvalue weighted by atomic mass is 16.5. The summed E-state index contributed by atoms with van der Waals surface area (Å²) in [6.45, 7) is 1.86. The third-order valence-corrected chi connectivity index (χ3v) is 5.38.